The van der Waals surface area contributed by atoms with E-state index in [9.17, 15) is 4.79 Å². The third kappa shape index (κ3) is 3.93. The third-order valence-electron chi connectivity index (χ3n) is 3.81. The summed E-state index contributed by atoms with van der Waals surface area (Å²) in [6.07, 6.45) is 2.24. The van der Waals surface area contributed by atoms with Gasteiger partial charge in [0.2, 0.25) is 5.91 Å². The molecule has 1 saturated heterocycles. The molecule has 2 heterocycles. The minimum atomic E-state index is -0.0874. The zero-order valence-electron chi connectivity index (χ0n) is 12.6. The molecule has 1 aromatic heterocycles. The monoisotopic (exact) mass is 317 g/mol. The maximum atomic E-state index is 12.3. The molecule has 2 rings (SSSR count). The van der Waals surface area contributed by atoms with Crippen molar-refractivity contribution in [3.8, 4) is 0 Å². The molecule has 0 aromatic carbocycles. The molecule has 20 heavy (non-hydrogen) atoms. The molecule has 1 unspecified atom stereocenters. The average molecular weight is 318 g/mol. The Bertz CT molecular complexity index is 473. The topological polar surface area (TPSA) is 54.0 Å². The molecule has 0 saturated carbocycles. The molecule has 0 spiro atoms. The molecular formula is C14H24ClN3OS. The maximum absolute atomic E-state index is 12.3. The van der Waals surface area contributed by atoms with E-state index in [2.05, 4.69) is 29.5 Å². The maximum Gasteiger partial charge on any atom is 0.237 e. The largest absolute Gasteiger partial charge is 0.350 e. The van der Waals surface area contributed by atoms with Gasteiger partial charge in [0, 0.05) is 4.88 Å². The Labute approximate surface area is 131 Å². The molecule has 4 nitrogen and oxygen atoms in total. The molecule has 114 valence electrons. The molecule has 1 atom stereocenters. The van der Waals surface area contributed by atoms with Crippen LogP contribution in [0, 0.1) is 19.3 Å². The van der Waals surface area contributed by atoms with Crippen LogP contribution in [0.25, 0.3) is 0 Å². The van der Waals surface area contributed by atoms with E-state index in [-0.39, 0.29) is 29.8 Å². The van der Waals surface area contributed by atoms with Gasteiger partial charge in [0.05, 0.1) is 23.3 Å². The zero-order valence-corrected chi connectivity index (χ0v) is 14.2. The van der Waals surface area contributed by atoms with Gasteiger partial charge in [0.25, 0.3) is 0 Å². The van der Waals surface area contributed by atoms with E-state index in [0.29, 0.717) is 6.54 Å². The van der Waals surface area contributed by atoms with Crippen molar-refractivity contribution in [1.29, 1.82) is 0 Å². The molecule has 0 bridgehead atoms. The molecule has 2 N–H and O–H groups in total. The van der Waals surface area contributed by atoms with Crippen LogP contribution in [0.15, 0.2) is 0 Å². The van der Waals surface area contributed by atoms with E-state index in [4.69, 9.17) is 0 Å². The van der Waals surface area contributed by atoms with Gasteiger partial charge in [-0.1, -0.05) is 13.8 Å². The second-order valence-corrected chi connectivity index (χ2v) is 7.23. The van der Waals surface area contributed by atoms with Crippen LogP contribution < -0.4 is 10.6 Å². The van der Waals surface area contributed by atoms with Gasteiger partial charge in [0.15, 0.2) is 0 Å². The predicted octanol–water partition coefficient (Wildman–Crippen LogP) is 2.58. The Balaban J connectivity index is 0.00000200. The highest BCUT2D eigenvalue weighted by Gasteiger charge is 2.36. The average Bonchev–Trinajstić information content (AvgIpc) is 2.64. The smallest absolute Gasteiger partial charge is 0.237 e. The Morgan fingerprint density at radius 3 is 2.75 bits per heavy atom. The Hall–Kier alpha value is -0.650. The molecule has 1 fully saturated rings. The highest BCUT2D eigenvalue weighted by atomic mass is 35.5. The lowest BCUT2D eigenvalue weighted by molar-refractivity contribution is -0.126. The standard InChI is InChI=1S/C14H23N3OS.ClH/c1-9-11(19-10(2)17-9)8-16-13(18)12-14(3,4)6-5-7-15-12;/h12,15H,5-8H2,1-4H3,(H,16,18);1H. The van der Waals surface area contributed by atoms with Gasteiger partial charge in [-0.3, -0.25) is 4.79 Å². The van der Waals surface area contributed by atoms with Crippen LogP contribution in [-0.4, -0.2) is 23.5 Å². The summed E-state index contributed by atoms with van der Waals surface area (Å²) >= 11 is 1.66. The van der Waals surface area contributed by atoms with E-state index < -0.39 is 0 Å². The van der Waals surface area contributed by atoms with Gasteiger partial charge >= 0.3 is 0 Å². The molecule has 1 amide bonds. The molecule has 1 aromatic rings. The predicted molar refractivity (Wildman–Crippen MR) is 85.5 cm³/mol. The summed E-state index contributed by atoms with van der Waals surface area (Å²) in [4.78, 5) is 17.8. The number of amides is 1. The lowest BCUT2D eigenvalue weighted by atomic mass is 9.77. The molecule has 0 aliphatic carbocycles. The summed E-state index contributed by atoms with van der Waals surface area (Å²) in [6.45, 7) is 9.82. The van der Waals surface area contributed by atoms with Crippen LogP contribution in [-0.2, 0) is 11.3 Å². The van der Waals surface area contributed by atoms with Gasteiger partial charge in [0.1, 0.15) is 0 Å². The van der Waals surface area contributed by atoms with Crippen LogP contribution in [0.5, 0.6) is 0 Å². The SMILES string of the molecule is Cc1nc(C)c(CNC(=O)C2NCCCC2(C)C)s1.Cl. The number of aromatic nitrogens is 1. The van der Waals surface area contributed by atoms with Crippen LogP contribution >= 0.6 is 23.7 Å². The van der Waals surface area contributed by atoms with Crippen LogP contribution in [0.2, 0.25) is 0 Å². The number of piperidine rings is 1. The lowest BCUT2D eigenvalue weighted by Crippen LogP contribution is -2.55. The summed E-state index contributed by atoms with van der Waals surface area (Å²) in [5.74, 6) is 0.107. The Morgan fingerprint density at radius 1 is 1.50 bits per heavy atom. The summed E-state index contributed by atoms with van der Waals surface area (Å²) in [7, 11) is 0. The number of nitrogens with zero attached hydrogens (tertiary/aromatic N) is 1. The summed E-state index contributed by atoms with van der Waals surface area (Å²) in [5, 5.41) is 7.44. The van der Waals surface area contributed by atoms with E-state index in [0.717, 1.165) is 35.0 Å². The van der Waals surface area contributed by atoms with E-state index in [1.165, 1.54) is 0 Å². The second-order valence-electron chi connectivity index (χ2n) is 5.94. The van der Waals surface area contributed by atoms with Crippen molar-refractivity contribution in [1.82, 2.24) is 15.6 Å². The van der Waals surface area contributed by atoms with Gasteiger partial charge < -0.3 is 10.6 Å². The number of carbonyl (C=O) groups excluding carboxylic acids is 1. The summed E-state index contributed by atoms with van der Waals surface area (Å²) < 4.78 is 0. The van der Waals surface area contributed by atoms with Crippen molar-refractivity contribution in [3.63, 3.8) is 0 Å². The first kappa shape index (κ1) is 17.4. The molecule has 6 heteroatoms. The first-order valence-corrected chi connectivity index (χ1v) is 7.66. The fourth-order valence-corrected chi connectivity index (χ4v) is 3.54. The number of aryl methyl sites for hydroxylation is 2. The fraction of sp³-hybridized carbons (Fsp3) is 0.714. The first-order chi connectivity index (χ1) is 8.90. The quantitative estimate of drug-likeness (QED) is 0.901. The summed E-state index contributed by atoms with van der Waals surface area (Å²) in [5.41, 5.74) is 1.06. The number of hydrogen-bond donors (Lipinski definition) is 2. The van der Waals surface area contributed by atoms with E-state index >= 15 is 0 Å². The number of nitrogens with one attached hydrogen (secondary N) is 2. The molecule has 1 aliphatic rings. The minimum absolute atomic E-state index is 0. The van der Waals surface area contributed by atoms with E-state index in [1.54, 1.807) is 11.3 Å². The summed E-state index contributed by atoms with van der Waals surface area (Å²) in [6, 6.07) is -0.0874. The van der Waals surface area contributed by atoms with Gasteiger partial charge in [-0.25, -0.2) is 4.98 Å². The van der Waals surface area contributed by atoms with Crippen molar-refractivity contribution in [2.45, 2.75) is 53.1 Å². The second kappa shape index (κ2) is 6.87. The highest BCUT2D eigenvalue weighted by Crippen LogP contribution is 2.30. The van der Waals surface area contributed by atoms with Gasteiger partial charge in [-0.15, -0.1) is 23.7 Å². The van der Waals surface area contributed by atoms with Gasteiger partial charge in [-0.05, 0) is 38.6 Å². The minimum Gasteiger partial charge on any atom is -0.350 e. The van der Waals surface area contributed by atoms with Gasteiger partial charge in [-0.2, -0.15) is 0 Å². The number of hydrogen-bond acceptors (Lipinski definition) is 4. The normalized spacial score (nSPS) is 21.1. The molecule has 0 radical (unpaired) electrons. The third-order valence-corrected chi connectivity index (χ3v) is 4.89. The van der Waals surface area contributed by atoms with Crippen molar-refractivity contribution in [3.05, 3.63) is 15.6 Å². The molecular weight excluding hydrogens is 294 g/mol. The van der Waals surface area contributed by atoms with Crippen LogP contribution in [0.3, 0.4) is 0 Å². The Morgan fingerprint density at radius 2 is 2.20 bits per heavy atom. The van der Waals surface area contributed by atoms with Crippen molar-refractivity contribution < 1.29 is 4.79 Å². The van der Waals surface area contributed by atoms with Crippen molar-refractivity contribution in [2.75, 3.05) is 6.54 Å². The fourth-order valence-electron chi connectivity index (χ4n) is 2.67. The van der Waals surface area contributed by atoms with E-state index in [1.807, 2.05) is 13.8 Å². The number of rotatable bonds is 3. The Kier molecular flexibility index (Phi) is 5.98. The first-order valence-electron chi connectivity index (χ1n) is 6.84. The lowest BCUT2D eigenvalue weighted by Gasteiger charge is -2.38. The molecule has 1 aliphatic heterocycles. The number of carbonyl (C=O) groups is 1. The number of thiazole rings is 1. The van der Waals surface area contributed by atoms with Crippen molar-refractivity contribution in [2.24, 2.45) is 5.41 Å². The van der Waals surface area contributed by atoms with Crippen LogP contribution in [0.4, 0.5) is 0 Å². The highest BCUT2D eigenvalue weighted by molar-refractivity contribution is 7.11. The zero-order chi connectivity index (χ0) is 14.0. The van der Waals surface area contributed by atoms with Crippen molar-refractivity contribution >= 4 is 29.7 Å². The van der Waals surface area contributed by atoms with Crippen LogP contribution in [0.1, 0.15) is 42.3 Å². The number of halogens is 1.